The van der Waals surface area contributed by atoms with Crippen molar-refractivity contribution in [1.82, 2.24) is 5.32 Å². The van der Waals surface area contributed by atoms with E-state index in [4.69, 9.17) is 10.5 Å². The van der Waals surface area contributed by atoms with Gasteiger partial charge in [-0.15, -0.1) is 0 Å². The van der Waals surface area contributed by atoms with Crippen LogP contribution in [0.25, 0.3) is 0 Å². The topological polar surface area (TPSA) is 122 Å². The van der Waals surface area contributed by atoms with Gasteiger partial charge in [0.1, 0.15) is 5.92 Å². The summed E-state index contributed by atoms with van der Waals surface area (Å²) >= 11 is 0.966. The lowest BCUT2D eigenvalue weighted by molar-refractivity contribution is -0.150. The molecule has 0 fully saturated rings. The van der Waals surface area contributed by atoms with Crippen molar-refractivity contribution in [1.29, 1.82) is 5.26 Å². The van der Waals surface area contributed by atoms with Crippen molar-refractivity contribution in [3.63, 3.8) is 0 Å². The summed E-state index contributed by atoms with van der Waals surface area (Å²) < 4.78 is 4.77. The number of ether oxygens (including phenoxy) is 1. The lowest BCUT2D eigenvalue weighted by Gasteiger charge is -2.31. The van der Waals surface area contributed by atoms with Gasteiger partial charge in [-0.1, -0.05) is 36.0 Å². The smallest absolute Gasteiger partial charge is 0.319 e. The molecule has 0 aliphatic carbocycles. The molecule has 0 radical (unpaired) electrons. The van der Waals surface area contributed by atoms with Gasteiger partial charge in [0.05, 0.1) is 29.5 Å². The average Bonchev–Trinajstić information content (AvgIpc) is 2.59. The molecule has 2 rings (SSSR count). The summed E-state index contributed by atoms with van der Waals surface area (Å²) in [4.78, 5) is 35.8. The average molecular weight is 359 g/mol. The van der Waals surface area contributed by atoms with Crippen molar-refractivity contribution >= 4 is 29.5 Å². The molecule has 1 aliphatic heterocycles. The Morgan fingerprint density at radius 3 is 2.64 bits per heavy atom. The first-order chi connectivity index (χ1) is 11.9. The number of nitrogens with zero attached hydrogens (tertiary/aromatic N) is 1. The number of nitrogens with two attached hydrogens (primary N) is 1. The Bertz CT molecular complexity index is 797. The second-order valence-electron chi connectivity index (χ2n) is 5.43. The van der Waals surface area contributed by atoms with E-state index in [0.717, 1.165) is 17.3 Å². The monoisotopic (exact) mass is 359 g/mol. The second kappa shape index (κ2) is 7.85. The third kappa shape index (κ3) is 3.83. The van der Waals surface area contributed by atoms with Crippen LogP contribution in [0, 0.1) is 24.2 Å². The van der Waals surface area contributed by atoms with Gasteiger partial charge in [0.15, 0.2) is 0 Å². The molecule has 0 saturated carbocycles. The fourth-order valence-electron chi connectivity index (χ4n) is 2.73. The molecule has 0 unspecified atom stereocenters. The summed E-state index contributed by atoms with van der Waals surface area (Å²) in [6, 6.07) is 9.27. The van der Waals surface area contributed by atoms with E-state index < -0.39 is 29.6 Å². The molecule has 0 aromatic heterocycles. The van der Waals surface area contributed by atoms with Crippen LogP contribution in [0.4, 0.5) is 0 Å². The lowest BCUT2D eigenvalue weighted by atomic mass is 9.77. The molecule has 1 aliphatic rings. The highest BCUT2D eigenvalue weighted by molar-refractivity contribution is 8.03. The third-order valence-electron chi connectivity index (χ3n) is 3.87. The van der Waals surface area contributed by atoms with Crippen molar-refractivity contribution in [2.24, 2.45) is 11.7 Å². The summed E-state index contributed by atoms with van der Waals surface area (Å²) in [7, 11) is 1.19. The fraction of sp³-hybridized carbons (Fsp3) is 0.294. The van der Waals surface area contributed by atoms with Crippen LogP contribution < -0.4 is 11.1 Å². The second-order valence-corrected chi connectivity index (χ2v) is 6.42. The maximum atomic E-state index is 12.5. The number of carbonyl (C=O) groups excluding carboxylic acids is 3. The van der Waals surface area contributed by atoms with Gasteiger partial charge >= 0.3 is 5.97 Å². The van der Waals surface area contributed by atoms with Crippen molar-refractivity contribution in [3.05, 3.63) is 46.0 Å². The lowest BCUT2D eigenvalue weighted by Crippen LogP contribution is -2.44. The van der Waals surface area contributed by atoms with Crippen LogP contribution in [-0.2, 0) is 19.1 Å². The number of primary amides is 1. The van der Waals surface area contributed by atoms with E-state index in [1.54, 1.807) is 12.1 Å². The van der Waals surface area contributed by atoms with Gasteiger partial charge in [0.2, 0.25) is 11.8 Å². The van der Waals surface area contributed by atoms with Gasteiger partial charge in [-0.2, -0.15) is 5.26 Å². The van der Waals surface area contributed by atoms with Gasteiger partial charge in [0, 0.05) is 5.92 Å². The van der Waals surface area contributed by atoms with Gasteiger partial charge < -0.3 is 15.8 Å². The van der Waals surface area contributed by atoms with Gasteiger partial charge in [-0.05, 0) is 18.1 Å². The molecule has 0 bridgehead atoms. The molecule has 2 atom stereocenters. The summed E-state index contributed by atoms with van der Waals surface area (Å²) in [6.07, 6.45) is 0. The number of allylic oxidation sites excluding steroid dienone is 1. The zero-order chi connectivity index (χ0) is 18.6. The summed E-state index contributed by atoms with van der Waals surface area (Å²) in [5, 5.41) is 12.4. The molecule has 0 saturated heterocycles. The molecular weight excluding hydrogens is 342 g/mol. The van der Waals surface area contributed by atoms with Crippen LogP contribution in [0.2, 0.25) is 0 Å². The number of esters is 1. The maximum absolute atomic E-state index is 12.5. The summed E-state index contributed by atoms with van der Waals surface area (Å²) in [5.74, 6) is -3.94. The third-order valence-corrected chi connectivity index (χ3v) is 4.91. The number of aryl methyl sites for hydroxylation is 1. The van der Waals surface area contributed by atoms with E-state index in [0.29, 0.717) is 5.56 Å². The van der Waals surface area contributed by atoms with Crippen molar-refractivity contribution in [3.8, 4) is 6.07 Å². The number of hydrogen-bond acceptors (Lipinski definition) is 6. The summed E-state index contributed by atoms with van der Waals surface area (Å²) in [5.41, 5.74) is 6.87. The Kier molecular flexibility index (Phi) is 5.83. The number of benzene rings is 1. The number of nitriles is 1. The van der Waals surface area contributed by atoms with Crippen LogP contribution in [0.1, 0.15) is 17.0 Å². The van der Waals surface area contributed by atoms with Crippen LogP contribution in [0.5, 0.6) is 0 Å². The van der Waals surface area contributed by atoms with Crippen LogP contribution in [-0.4, -0.2) is 30.6 Å². The fourth-order valence-corrected chi connectivity index (χ4v) is 3.52. The van der Waals surface area contributed by atoms with Gasteiger partial charge in [-0.3, -0.25) is 14.4 Å². The quantitative estimate of drug-likeness (QED) is 0.596. The number of rotatable bonds is 5. The van der Waals surface area contributed by atoms with E-state index >= 15 is 0 Å². The number of nitrogens with one attached hydrogen (secondary N) is 1. The molecule has 25 heavy (non-hydrogen) atoms. The number of amides is 2. The summed E-state index contributed by atoms with van der Waals surface area (Å²) in [6.45, 7) is 1.83. The normalized spacial score (nSPS) is 19.8. The highest BCUT2D eigenvalue weighted by atomic mass is 32.2. The Morgan fingerprint density at radius 2 is 2.08 bits per heavy atom. The molecule has 7 nitrogen and oxygen atoms in total. The Labute approximate surface area is 149 Å². The Balaban J connectivity index is 2.62. The zero-order valence-corrected chi connectivity index (χ0v) is 14.6. The first-order valence-electron chi connectivity index (χ1n) is 7.40. The first-order valence-corrected chi connectivity index (χ1v) is 8.38. The van der Waals surface area contributed by atoms with Crippen LogP contribution >= 0.6 is 11.8 Å². The molecule has 8 heteroatoms. The van der Waals surface area contributed by atoms with E-state index in [1.807, 2.05) is 19.1 Å². The number of thioether (sulfide) groups is 1. The van der Waals surface area contributed by atoms with E-state index in [1.165, 1.54) is 7.11 Å². The first kappa shape index (κ1) is 18.5. The SMILES string of the molecule is COC(=O)[C@H]1C(=O)NC(SCC(N)=O)=C(C#N)[C@H]1c1ccccc1C. The van der Waals surface area contributed by atoms with Crippen LogP contribution in [0.3, 0.4) is 0 Å². The standard InChI is InChI=1S/C17H17N3O4S/c1-9-5-3-4-6-10(9)13-11(7-18)16(25-8-12(19)21)20-15(22)14(13)17(23)24-2/h3-6,13-14H,8H2,1-2H3,(H2,19,21)(H,20,22)/t13-,14-/m1/s1. The minimum atomic E-state index is -1.18. The highest BCUT2D eigenvalue weighted by Gasteiger charge is 2.44. The van der Waals surface area contributed by atoms with Gasteiger partial charge in [-0.25, -0.2) is 0 Å². The number of methoxy groups -OCH3 is 1. The van der Waals surface area contributed by atoms with Crippen molar-refractivity contribution < 1.29 is 19.1 Å². The minimum Gasteiger partial charge on any atom is -0.468 e. The Hall–Kier alpha value is -2.79. The molecule has 2 amide bonds. The maximum Gasteiger partial charge on any atom is 0.319 e. The van der Waals surface area contributed by atoms with Crippen molar-refractivity contribution in [2.75, 3.05) is 12.9 Å². The molecule has 3 N–H and O–H groups in total. The molecule has 1 aromatic carbocycles. The predicted octanol–water partition coefficient (Wildman–Crippen LogP) is 0.951. The van der Waals surface area contributed by atoms with Gasteiger partial charge in [0.25, 0.3) is 0 Å². The van der Waals surface area contributed by atoms with E-state index in [2.05, 4.69) is 11.4 Å². The Morgan fingerprint density at radius 1 is 1.40 bits per heavy atom. The molecule has 130 valence electrons. The van der Waals surface area contributed by atoms with Crippen LogP contribution in [0.15, 0.2) is 34.9 Å². The largest absolute Gasteiger partial charge is 0.468 e. The highest BCUT2D eigenvalue weighted by Crippen LogP contribution is 2.41. The van der Waals surface area contributed by atoms with E-state index in [-0.39, 0.29) is 16.4 Å². The van der Waals surface area contributed by atoms with E-state index in [9.17, 15) is 19.6 Å². The molecule has 1 aromatic rings. The predicted molar refractivity (Wildman–Crippen MR) is 91.9 cm³/mol. The minimum absolute atomic E-state index is 0.0931. The molecule has 0 spiro atoms. The zero-order valence-electron chi connectivity index (χ0n) is 13.7. The molecular formula is C17H17N3O4S. The molecule has 1 heterocycles. The number of hydrogen-bond donors (Lipinski definition) is 2. The number of carbonyl (C=O) groups is 3. The van der Waals surface area contributed by atoms with Crippen molar-refractivity contribution in [2.45, 2.75) is 12.8 Å².